The molecule has 222 valence electrons. The number of ether oxygens (including phenoxy) is 2. The Morgan fingerprint density at radius 3 is 1.93 bits per heavy atom. The number of amides is 2. The van der Waals surface area contributed by atoms with Crippen molar-refractivity contribution in [1.82, 2.24) is 10.2 Å². The Morgan fingerprint density at radius 2 is 1.33 bits per heavy atom. The summed E-state index contributed by atoms with van der Waals surface area (Å²) in [6.07, 6.45) is 0.253. The van der Waals surface area contributed by atoms with Crippen molar-refractivity contribution < 1.29 is 29.0 Å². The van der Waals surface area contributed by atoms with Gasteiger partial charge in [0.25, 0.3) is 11.8 Å². The summed E-state index contributed by atoms with van der Waals surface area (Å²) in [6, 6.07) is 29.2. The number of benzene rings is 4. The van der Waals surface area contributed by atoms with E-state index < -0.39 is 5.97 Å². The molecule has 0 saturated carbocycles. The zero-order chi connectivity index (χ0) is 30.8. The van der Waals surface area contributed by atoms with Crippen LogP contribution in [0.2, 0.25) is 0 Å². The van der Waals surface area contributed by atoms with Gasteiger partial charge < -0.3 is 24.8 Å². The first-order chi connectivity index (χ1) is 20.8. The highest BCUT2D eigenvalue weighted by molar-refractivity contribution is 6.06. The van der Waals surface area contributed by atoms with Crippen molar-refractivity contribution in [2.24, 2.45) is 0 Å². The van der Waals surface area contributed by atoms with Crippen LogP contribution in [0.4, 0.5) is 0 Å². The Morgan fingerprint density at radius 1 is 0.767 bits per heavy atom. The van der Waals surface area contributed by atoms with Crippen LogP contribution in [0, 0.1) is 0 Å². The standard InChI is InChI=1S/C35H36N2O6/c1-24(26-11-5-4-6-12-26)36-34(40)31-15-9-7-13-29(31)30-14-8-10-16-32(30)35(41)37(20-18-33(38)39)19-17-25-21-27(42-2)23-28(22-25)43-3/h4-16,21-24H,17-20H2,1-3H3,(H,36,40)(H,38,39). The normalized spacial score (nSPS) is 11.3. The van der Waals surface area contributed by atoms with Gasteiger partial charge in [0.2, 0.25) is 0 Å². The number of carbonyl (C=O) groups is 3. The van der Waals surface area contributed by atoms with Gasteiger partial charge in [0.05, 0.1) is 26.7 Å². The number of hydrogen-bond donors (Lipinski definition) is 2. The molecule has 0 aromatic heterocycles. The molecule has 4 aromatic carbocycles. The molecule has 8 heteroatoms. The number of carboxylic acids is 1. The fourth-order valence-electron chi connectivity index (χ4n) is 4.91. The van der Waals surface area contributed by atoms with E-state index in [0.717, 1.165) is 11.1 Å². The first kappa shape index (κ1) is 30.8. The maximum absolute atomic E-state index is 14.0. The first-order valence-electron chi connectivity index (χ1n) is 14.1. The van der Waals surface area contributed by atoms with Crippen molar-refractivity contribution in [3.8, 4) is 22.6 Å². The predicted molar refractivity (Wildman–Crippen MR) is 166 cm³/mol. The summed E-state index contributed by atoms with van der Waals surface area (Å²) in [6.45, 7) is 2.22. The highest BCUT2D eigenvalue weighted by Gasteiger charge is 2.23. The third kappa shape index (κ3) is 8.01. The van der Waals surface area contributed by atoms with Crippen molar-refractivity contribution in [2.75, 3.05) is 27.3 Å². The van der Waals surface area contributed by atoms with E-state index in [1.807, 2.05) is 73.7 Å². The maximum Gasteiger partial charge on any atom is 0.305 e. The van der Waals surface area contributed by atoms with Crippen LogP contribution in [0.25, 0.3) is 11.1 Å². The lowest BCUT2D eigenvalue weighted by Crippen LogP contribution is -2.35. The lowest BCUT2D eigenvalue weighted by atomic mass is 9.94. The van der Waals surface area contributed by atoms with Crippen molar-refractivity contribution in [2.45, 2.75) is 25.8 Å². The molecule has 0 heterocycles. The Balaban J connectivity index is 1.63. The zero-order valence-electron chi connectivity index (χ0n) is 24.6. The number of nitrogens with one attached hydrogen (secondary N) is 1. The number of methoxy groups -OCH3 is 2. The van der Waals surface area contributed by atoms with Gasteiger partial charge in [-0.2, -0.15) is 0 Å². The van der Waals surface area contributed by atoms with Gasteiger partial charge in [0, 0.05) is 30.3 Å². The lowest BCUT2D eigenvalue weighted by molar-refractivity contribution is -0.137. The van der Waals surface area contributed by atoms with Crippen LogP contribution < -0.4 is 14.8 Å². The molecular weight excluding hydrogens is 544 g/mol. The van der Waals surface area contributed by atoms with E-state index in [-0.39, 0.29) is 37.4 Å². The molecule has 0 bridgehead atoms. The molecule has 0 aliphatic carbocycles. The minimum absolute atomic E-state index is 0.0281. The second-order valence-corrected chi connectivity index (χ2v) is 10.1. The molecule has 0 fully saturated rings. The summed E-state index contributed by atoms with van der Waals surface area (Å²) in [5.74, 6) is -0.327. The van der Waals surface area contributed by atoms with Gasteiger partial charge in [-0.05, 0) is 59.9 Å². The molecule has 1 atom stereocenters. The molecule has 0 radical (unpaired) electrons. The van der Waals surface area contributed by atoms with Crippen LogP contribution in [-0.2, 0) is 11.2 Å². The molecule has 43 heavy (non-hydrogen) atoms. The summed E-state index contributed by atoms with van der Waals surface area (Å²) in [7, 11) is 3.14. The van der Waals surface area contributed by atoms with E-state index in [2.05, 4.69) is 5.32 Å². The number of nitrogens with zero attached hydrogens (tertiary/aromatic N) is 1. The smallest absolute Gasteiger partial charge is 0.305 e. The maximum atomic E-state index is 14.0. The average Bonchev–Trinajstić information content (AvgIpc) is 3.04. The molecule has 0 saturated heterocycles. The van der Waals surface area contributed by atoms with E-state index in [0.29, 0.717) is 40.2 Å². The third-order valence-corrected chi connectivity index (χ3v) is 7.23. The fraction of sp³-hybridized carbons (Fsp3) is 0.229. The molecule has 4 rings (SSSR count). The van der Waals surface area contributed by atoms with E-state index >= 15 is 0 Å². The van der Waals surface area contributed by atoms with Crippen LogP contribution in [0.1, 0.15) is 51.2 Å². The molecule has 0 aliphatic rings. The Labute approximate surface area is 251 Å². The number of aliphatic carboxylic acids is 1. The number of carboxylic acid groups (broad SMARTS) is 1. The monoisotopic (exact) mass is 580 g/mol. The molecule has 0 spiro atoms. The lowest BCUT2D eigenvalue weighted by Gasteiger charge is -2.24. The third-order valence-electron chi connectivity index (χ3n) is 7.23. The summed E-state index contributed by atoms with van der Waals surface area (Å²) < 4.78 is 10.7. The highest BCUT2D eigenvalue weighted by Crippen LogP contribution is 2.29. The van der Waals surface area contributed by atoms with Crippen LogP contribution in [0.3, 0.4) is 0 Å². The van der Waals surface area contributed by atoms with Gasteiger partial charge >= 0.3 is 5.97 Å². The van der Waals surface area contributed by atoms with E-state index in [1.54, 1.807) is 49.5 Å². The summed E-state index contributed by atoms with van der Waals surface area (Å²) >= 11 is 0. The van der Waals surface area contributed by atoms with Gasteiger partial charge in [-0.25, -0.2) is 0 Å². The van der Waals surface area contributed by atoms with Gasteiger partial charge in [-0.1, -0.05) is 66.7 Å². The zero-order valence-corrected chi connectivity index (χ0v) is 24.6. The minimum atomic E-state index is -0.997. The second kappa shape index (κ2) is 14.7. The number of carbonyl (C=O) groups excluding carboxylic acids is 2. The topological polar surface area (TPSA) is 105 Å². The average molecular weight is 581 g/mol. The highest BCUT2D eigenvalue weighted by atomic mass is 16.5. The van der Waals surface area contributed by atoms with Gasteiger partial charge in [-0.15, -0.1) is 0 Å². The minimum Gasteiger partial charge on any atom is -0.497 e. The molecule has 0 aliphatic heterocycles. The number of hydrogen-bond acceptors (Lipinski definition) is 5. The molecule has 1 unspecified atom stereocenters. The van der Waals surface area contributed by atoms with Crippen molar-refractivity contribution in [3.05, 3.63) is 119 Å². The summed E-state index contributed by atoms with van der Waals surface area (Å²) in [5.41, 5.74) is 3.88. The van der Waals surface area contributed by atoms with Crippen LogP contribution >= 0.6 is 0 Å². The second-order valence-electron chi connectivity index (χ2n) is 10.1. The molecule has 2 N–H and O–H groups in total. The SMILES string of the molecule is COc1cc(CCN(CCC(=O)O)C(=O)c2ccccc2-c2ccccc2C(=O)NC(C)c2ccccc2)cc(OC)c1. The Bertz CT molecular complexity index is 1550. The summed E-state index contributed by atoms with van der Waals surface area (Å²) in [5, 5.41) is 12.5. The van der Waals surface area contributed by atoms with Gasteiger partial charge in [-0.3, -0.25) is 14.4 Å². The van der Waals surface area contributed by atoms with Crippen molar-refractivity contribution >= 4 is 17.8 Å². The first-order valence-corrected chi connectivity index (χ1v) is 14.1. The van der Waals surface area contributed by atoms with E-state index in [4.69, 9.17) is 9.47 Å². The van der Waals surface area contributed by atoms with Crippen LogP contribution in [0.5, 0.6) is 11.5 Å². The van der Waals surface area contributed by atoms with Gasteiger partial charge in [0.1, 0.15) is 11.5 Å². The predicted octanol–water partition coefficient (Wildman–Crippen LogP) is 6.02. The largest absolute Gasteiger partial charge is 0.497 e. The molecule has 8 nitrogen and oxygen atoms in total. The van der Waals surface area contributed by atoms with Crippen molar-refractivity contribution in [3.63, 3.8) is 0 Å². The van der Waals surface area contributed by atoms with Crippen molar-refractivity contribution in [1.29, 1.82) is 0 Å². The number of rotatable bonds is 13. The van der Waals surface area contributed by atoms with Crippen LogP contribution in [-0.4, -0.2) is 55.1 Å². The Kier molecular flexibility index (Phi) is 10.5. The van der Waals surface area contributed by atoms with E-state index in [1.165, 1.54) is 0 Å². The van der Waals surface area contributed by atoms with Crippen LogP contribution in [0.15, 0.2) is 97.1 Å². The summed E-state index contributed by atoms with van der Waals surface area (Å²) in [4.78, 5) is 40.6. The molecular formula is C35H36N2O6. The van der Waals surface area contributed by atoms with Gasteiger partial charge in [0.15, 0.2) is 0 Å². The quantitative estimate of drug-likeness (QED) is 0.200. The molecule has 2 amide bonds. The Hall–Kier alpha value is -5.11. The van der Waals surface area contributed by atoms with E-state index in [9.17, 15) is 19.5 Å². The fourth-order valence-corrected chi connectivity index (χ4v) is 4.91. The molecule has 4 aromatic rings.